The lowest BCUT2D eigenvalue weighted by atomic mass is 10.1. The van der Waals surface area contributed by atoms with Gasteiger partial charge in [0.15, 0.2) is 0 Å². The first kappa shape index (κ1) is 14.7. The zero-order valence-electron chi connectivity index (χ0n) is 11.3. The minimum Gasteiger partial charge on any atom is -0.337 e. The molecule has 0 fully saturated rings. The van der Waals surface area contributed by atoms with Crippen LogP contribution in [0.25, 0.3) is 0 Å². The Morgan fingerprint density at radius 3 is 2.83 bits per heavy atom. The van der Waals surface area contributed by atoms with Gasteiger partial charge in [0.1, 0.15) is 0 Å². The van der Waals surface area contributed by atoms with Crippen LogP contribution in [-0.4, -0.2) is 23.9 Å². The lowest BCUT2D eigenvalue weighted by molar-refractivity contribution is 0.0744. The Morgan fingerprint density at radius 1 is 1.56 bits per heavy atom. The summed E-state index contributed by atoms with van der Waals surface area (Å²) in [6, 6.07) is 4.12. The average molecular weight is 264 g/mol. The molecule has 98 valence electrons. The molecule has 0 aliphatic carbocycles. The van der Waals surface area contributed by atoms with E-state index in [1.165, 1.54) is 11.3 Å². The summed E-state index contributed by atoms with van der Waals surface area (Å²) in [6.07, 6.45) is 1.27. The molecule has 1 rings (SSSR count). The van der Waals surface area contributed by atoms with Gasteiger partial charge in [-0.1, -0.05) is 20.8 Å². The van der Waals surface area contributed by atoms with E-state index in [0.29, 0.717) is 25.4 Å². The number of nitrogens with zero attached hydrogens (tertiary/aromatic N) is 2. The monoisotopic (exact) mass is 264 g/mol. The number of carbonyl (C=O) groups is 1. The third-order valence-corrected chi connectivity index (χ3v) is 3.63. The highest BCUT2D eigenvalue weighted by Gasteiger charge is 2.20. The Morgan fingerprint density at radius 2 is 2.28 bits per heavy atom. The maximum absolute atomic E-state index is 12.5. The Hall–Kier alpha value is -1.34. The fraction of sp³-hybridized carbons (Fsp3) is 0.571. The van der Waals surface area contributed by atoms with E-state index < -0.39 is 0 Å². The van der Waals surface area contributed by atoms with Gasteiger partial charge in [0.2, 0.25) is 0 Å². The highest BCUT2D eigenvalue weighted by molar-refractivity contribution is 7.12. The molecule has 1 aromatic heterocycles. The second-order valence-corrected chi connectivity index (χ2v) is 5.60. The molecule has 0 aliphatic rings. The molecule has 0 saturated carbocycles. The summed E-state index contributed by atoms with van der Waals surface area (Å²) in [5, 5.41) is 10.6. The van der Waals surface area contributed by atoms with Gasteiger partial charge in [0, 0.05) is 13.1 Å². The number of thiophene rings is 1. The van der Waals surface area contributed by atoms with Crippen molar-refractivity contribution in [1.82, 2.24) is 4.90 Å². The molecule has 0 bridgehead atoms. The van der Waals surface area contributed by atoms with Gasteiger partial charge in [-0.15, -0.1) is 11.3 Å². The first-order chi connectivity index (χ1) is 8.60. The summed E-state index contributed by atoms with van der Waals surface area (Å²) < 4.78 is 0. The Balaban J connectivity index is 2.84. The van der Waals surface area contributed by atoms with Gasteiger partial charge in [-0.05, 0) is 29.3 Å². The predicted octanol–water partition coefficient (Wildman–Crippen LogP) is 3.32. The largest absolute Gasteiger partial charge is 0.337 e. The fourth-order valence-corrected chi connectivity index (χ4v) is 2.81. The van der Waals surface area contributed by atoms with Crippen LogP contribution in [0, 0.1) is 17.2 Å². The van der Waals surface area contributed by atoms with Crippen LogP contribution in [0.15, 0.2) is 11.4 Å². The molecule has 0 atom stereocenters. The van der Waals surface area contributed by atoms with Gasteiger partial charge in [0.05, 0.1) is 17.4 Å². The lowest BCUT2D eigenvalue weighted by Gasteiger charge is -2.23. The van der Waals surface area contributed by atoms with E-state index >= 15 is 0 Å². The number of amides is 1. The van der Waals surface area contributed by atoms with Crippen molar-refractivity contribution in [1.29, 1.82) is 5.26 Å². The molecule has 4 heteroatoms. The van der Waals surface area contributed by atoms with Crippen molar-refractivity contribution in [3.63, 3.8) is 0 Å². The van der Waals surface area contributed by atoms with Crippen LogP contribution in [0.4, 0.5) is 0 Å². The minimum atomic E-state index is 0.0748. The molecule has 18 heavy (non-hydrogen) atoms. The van der Waals surface area contributed by atoms with Crippen molar-refractivity contribution in [2.24, 2.45) is 5.92 Å². The molecular formula is C14H20N2OS. The Kier molecular flexibility index (Phi) is 5.87. The van der Waals surface area contributed by atoms with E-state index in [2.05, 4.69) is 26.8 Å². The molecule has 0 aliphatic heterocycles. The van der Waals surface area contributed by atoms with Crippen LogP contribution in [0.2, 0.25) is 0 Å². The van der Waals surface area contributed by atoms with E-state index in [1.807, 2.05) is 11.4 Å². The lowest BCUT2D eigenvalue weighted by Crippen LogP contribution is -2.35. The van der Waals surface area contributed by atoms with Gasteiger partial charge in [0.25, 0.3) is 5.91 Å². The Labute approximate surface area is 113 Å². The predicted molar refractivity (Wildman–Crippen MR) is 74.7 cm³/mol. The molecule has 0 aromatic carbocycles. The maximum Gasteiger partial charge on any atom is 0.264 e. The molecule has 0 saturated heterocycles. The van der Waals surface area contributed by atoms with E-state index in [4.69, 9.17) is 5.26 Å². The number of hydrogen-bond acceptors (Lipinski definition) is 3. The second kappa shape index (κ2) is 7.17. The summed E-state index contributed by atoms with van der Waals surface area (Å²) in [7, 11) is 0. The molecule has 0 unspecified atom stereocenters. The zero-order chi connectivity index (χ0) is 13.5. The zero-order valence-corrected chi connectivity index (χ0v) is 12.1. The summed E-state index contributed by atoms with van der Waals surface area (Å²) >= 11 is 1.50. The van der Waals surface area contributed by atoms with Crippen molar-refractivity contribution in [3.05, 3.63) is 21.9 Å². The van der Waals surface area contributed by atoms with Crippen LogP contribution >= 0.6 is 11.3 Å². The van der Waals surface area contributed by atoms with Crippen molar-refractivity contribution < 1.29 is 4.79 Å². The summed E-state index contributed by atoms with van der Waals surface area (Å²) in [6.45, 7) is 7.46. The van der Waals surface area contributed by atoms with Crippen molar-refractivity contribution in [2.45, 2.75) is 33.6 Å². The van der Waals surface area contributed by atoms with Crippen molar-refractivity contribution >= 4 is 17.2 Å². The number of nitriles is 1. The third kappa shape index (κ3) is 3.85. The number of hydrogen-bond donors (Lipinski definition) is 0. The summed E-state index contributed by atoms with van der Waals surface area (Å²) in [5.41, 5.74) is 1.11. The molecule has 1 heterocycles. The molecule has 1 amide bonds. The molecule has 3 nitrogen and oxygen atoms in total. The Bertz CT molecular complexity index is 431. The molecule has 0 N–H and O–H groups in total. The average Bonchev–Trinajstić information content (AvgIpc) is 2.81. The first-order valence-corrected chi connectivity index (χ1v) is 7.20. The van der Waals surface area contributed by atoms with E-state index in [-0.39, 0.29) is 5.91 Å². The third-order valence-electron chi connectivity index (χ3n) is 2.69. The highest BCUT2D eigenvalue weighted by atomic mass is 32.1. The molecule has 1 aromatic rings. The van der Waals surface area contributed by atoms with E-state index in [1.54, 1.807) is 4.90 Å². The van der Waals surface area contributed by atoms with E-state index in [0.717, 1.165) is 16.9 Å². The fourth-order valence-electron chi connectivity index (χ4n) is 1.85. The van der Waals surface area contributed by atoms with Crippen molar-refractivity contribution in [2.75, 3.05) is 13.1 Å². The maximum atomic E-state index is 12.5. The smallest absolute Gasteiger partial charge is 0.264 e. The van der Waals surface area contributed by atoms with Crippen LogP contribution in [0.5, 0.6) is 0 Å². The van der Waals surface area contributed by atoms with Crippen LogP contribution < -0.4 is 0 Å². The van der Waals surface area contributed by atoms with Crippen LogP contribution in [-0.2, 0) is 6.42 Å². The quantitative estimate of drug-likeness (QED) is 0.791. The molecular weight excluding hydrogens is 244 g/mol. The first-order valence-electron chi connectivity index (χ1n) is 6.32. The standard InChI is InChI=1S/C14H20N2OS/c1-4-12-6-9-18-13(12)14(17)16(8-5-7-15)10-11(2)3/h6,9,11H,4-5,8,10H2,1-3H3. The van der Waals surface area contributed by atoms with Gasteiger partial charge in [-0.2, -0.15) is 5.26 Å². The van der Waals surface area contributed by atoms with Crippen molar-refractivity contribution in [3.8, 4) is 6.07 Å². The second-order valence-electron chi connectivity index (χ2n) is 4.68. The number of rotatable bonds is 6. The van der Waals surface area contributed by atoms with Gasteiger partial charge in [-0.3, -0.25) is 4.79 Å². The molecule has 0 radical (unpaired) electrons. The number of aryl methyl sites for hydroxylation is 1. The van der Waals surface area contributed by atoms with Gasteiger partial charge < -0.3 is 4.90 Å². The minimum absolute atomic E-state index is 0.0748. The summed E-state index contributed by atoms with van der Waals surface area (Å²) in [5.74, 6) is 0.489. The van der Waals surface area contributed by atoms with Gasteiger partial charge >= 0.3 is 0 Å². The van der Waals surface area contributed by atoms with E-state index in [9.17, 15) is 4.79 Å². The molecule has 0 spiro atoms. The highest BCUT2D eigenvalue weighted by Crippen LogP contribution is 2.20. The summed E-state index contributed by atoms with van der Waals surface area (Å²) in [4.78, 5) is 15.1. The topological polar surface area (TPSA) is 44.1 Å². The number of carbonyl (C=O) groups excluding carboxylic acids is 1. The van der Waals surface area contributed by atoms with Gasteiger partial charge in [-0.25, -0.2) is 0 Å². The van der Waals surface area contributed by atoms with Crippen LogP contribution in [0.3, 0.4) is 0 Å². The SMILES string of the molecule is CCc1ccsc1C(=O)N(CCC#N)CC(C)C. The van der Waals surface area contributed by atoms with Crippen LogP contribution in [0.1, 0.15) is 42.4 Å². The normalized spacial score (nSPS) is 10.4.